The van der Waals surface area contributed by atoms with E-state index in [2.05, 4.69) is 5.32 Å². The minimum absolute atomic E-state index is 0.0799. The molecule has 1 aliphatic rings. The molecule has 0 spiro atoms. The Morgan fingerprint density at radius 2 is 1.87 bits per heavy atom. The van der Waals surface area contributed by atoms with Gasteiger partial charge >= 0.3 is 6.03 Å². The Balaban J connectivity index is 2.29. The number of urea groups is 1. The number of phenolic OH excluding ortho intramolecular Hbond substituents is 2. The van der Waals surface area contributed by atoms with Crippen LogP contribution in [-0.2, 0) is 5.54 Å². The molecule has 3 rings (SSSR count). The highest BCUT2D eigenvalue weighted by Gasteiger charge is 2.43. The molecule has 3 N–H and O–H groups in total. The van der Waals surface area contributed by atoms with Gasteiger partial charge in [0.05, 0.1) is 16.2 Å². The maximum Gasteiger partial charge on any atom is 0.322 e. The first-order valence-corrected chi connectivity index (χ1v) is 7.66. The molecule has 23 heavy (non-hydrogen) atoms. The molecule has 5 nitrogen and oxygen atoms in total. The van der Waals surface area contributed by atoms with Crippen LogP contribution in [0.4, 0.5) is 10.5 Å². The van der Waals surface area contributed by atoms with Crippen molar-refractivity contribution in [3.8, 4) is 11.5 Å². The van der Waals surface area contributed by atoms with Crippen LogP contribution < -0.4 is 5.32 Å². The van der Waals surface area contributed by atoms with Crippen LogP contribution in [0.15, 0.2) is 36.4 Å². The molecule has 0 saturated carbocycles. The number of hydrogen-bond donors (Lipinski definition) is 3. The van der Waals surface area contributed by atoms with Gasteiger partial charge in [0, 0.05) is 18.2 Å². The Labute approximate surface area is 139 Å². The van der Waals surface area contributed by atoms with Gasteiger partial charge in [0.25, 0.3) is 0 Å². The van der Waals surface area contributed by atoms with E-state index in [4.69, 9.17) is 11.6 Å². The number of nitrogens with zero attached hydrogens (tertiary/aromatic N) is 1. The van der Waals surface area contributed by atoms with E-state index in [-0.39, 0.29) is 22.6 Å². The topological polar surface area (TPSA) is 72.8 Å². The zero-order valence-electron chi connectivity index (χ0n) is 12.8. The number of rotatable bonds is 2. The van der Waals surface area contributed by atoms with Crippen LogP contribution in [0.5, 0.6) is 11.5 Å². The molecule has 2 amide bonds. The number of fused-ring (bicyclic) bond motifs is 1. The van der Waals surface area contributed by atoms with Crippen molar-refractivity contribution in [2.75, 3.05) is 11.9 Å². The quantitative estimate of drug-likeness (QED) is 0.781. The molecular formula is C17H17ClN2O3. The van der Waals surface area contributed by atoms with E-state index in [0.29, 0.717) is 12.2 Å². The molecule has 2 aromatic rings. The first-order valence-electron chi connectivity index (χ1n) is 7.29. The fourth-order valence-electron chi connectivity index (χ4n) is 3.16. The molecule has 0 radical (unpaired) electrons. The summed E-state index contributed by atoms with van der Waals surface area (Å²) in [4.78, 5) is 14.2. The molecule has 0 saturated heterocycles. The van der Waals surface area contributed by atoms with Crippen LogP contribution in [0.1, 0.15) is 25.0 Å². The highest BCUT2D eigenvalue weighted by atomic mass is 35.5. The highest BCUT2D eigenvalue weighted by Crippen LogP contribution is 2.46. The first-order chi connectivity index (χ1) is 10.9. The summed E-state index contributed by atoms with van der Waals surface area (Å²) in [7, 11) is 0. The average Bonchev–Trinajstić information content (AvgIpc) is 2.50. The van der Waals surface area contributed by atoms with Crippen molar-refractivity contribution in [3.63, 3.8) is 0 Å². The maximum absolute atomic E-state index is 12.5. The molecule has 2 aromatic carbocycles. The highest BCUT2D eigenvalue weighted by molar-refractivity contribution is 6.32. The number of carbonyl (C=O) groups excluding carboxylic acids is 1. The third-order valence-electron chi connectivity index (χ3n) is 4.38. The Hall–Kier alpha value is -2.40. The lowest BCUT2D eigenvalue weighted by Gasteiger charge is -2.46. The Morgan fingerprint density at radius 3 is 2.48 bits per heavy atom. The number of amides is 2. The van der Waals surface area contributed by atoms with Crippen molar-refractivity contribution in [2.24, 2.45) is 0 Å². The van der Waals surface area contributed by atoms with Crippen molar-refractivity contribution < 1.29 is 15.0 Å². The lowest BCUT2D eigenvalue weighted by molar-refractivity contribution is 0.158. The summed E-state index contributed by atoms with van der Waals surface area (Å²) in [5, 5.41) is 22.4. The van der Waals surface area contributed by atoms with Crippen LogP contribution in [0.2, 0.25) is 5.02 Å². The van der Waals surface area contributed by atoms with Crippen LogP contribution >= 0.6 is 11.6 Å². The number of phenols is 2. The predicted octanol–water partition coefficient (Wildman–Crippen LogP) is 3.88. The smallest absolute Gasteiger partial charge is 0.322 e. The van der Waals surface area contributed by atoms with Gasteiger partial charge in [-0.05, 0) is 37.6 Å². The third-order valence-corrected chi connectivity index (χ3v) is 4.69. The van der Waals surface area contributed by atoms with Gasteiger partial charge in [0.15, 0.2) is 0 Å². The molecule has 120 valence electrons. The number of nitrogens with one attached hydrogen (secondary N) is 1. The molecule has 0 aliphatic carbocycles. The summed E-state index contributed by atoms with van der Waals surface area (Å²) in [6.07, 6.45) is 0. The van der Waals surface area contributed by atoms with Gasteiger partial charge in [-0.25, -0.2) is 4.79 Å². The number of carbonyl (C=O) groups is 1. The SMILES string of the molecule is CCN1C(=O)Nc2cc(O)c(Cl)cc2C1(C)c1ccc(O)cc1. The fourth-order valence-corrected chi connectivity index (χ4v) is 3.32. The number of benzene rings is 2. The summed E-state index contributed by atoms with van der Waals surface area (Å²) < 4.78 is 0. The zero-order chi connectivity index (χ0) is 16.8. The third kappa shape index (κ3) is 2.28. The minimum Gasteiger partial charge on any atom is -0.508 e. The Bertz CT molecular complexity index is 776. The van der Waals surface area contributed by atoms with E-state index in [1.54, 1.807) is 35.2 Å². The maximum atomic E-state index is 12.5. The normalized spacial score (nSPS) is 20.1. The van der Waals surface area contributed by atoms with Gasteiger partial charge in [0.1, 0.15) is 11.5 Å². The standard InChI is InChI=1S/C17H17ClN2O3/c1-3-20-16(23)19-14-9-15(22)13(18)8-12(14)17(20,2)10-4-6-11(21)7-5-10/h4-9,21-22H,3H2,1-2H3,(H,19,23). The lowest BCUT2D eigenvalue weighted by atomic mass is 9.80. The Morgan fingerprint density at radius 1 is 1.22 bits per heavy atom. The molecule has 1 atom stereocenters. The summed E-state index contributed by atoms with van der Waals surface area (Å²) in [6, 6.07) is 9.60. The van der Waals surface area contributed by atoms with Crippen molar-refractivity contribution in [2.45, 2.75) is 19.4 Å². The molecule has 0 fully saturated rings. The van der Waals surface area contributed by atoms with Crippen LogP contribution in [0, 0.1) is 0 Å². The molecule has 1 unspecified atom stereocenters. The van der Waals surface area contributed by atoms with Gasteiger partial charge in [-0.15, -0.1) is 0 Å². The average molecular weight is 333 g/mol. The second-order valence-corrected chi connectivity index (χ2v) is 6.05. The zero-order valence-corrected chi connectivity index (χ0v) is 13.6. The van der Waals surface area contributed by atoms with E-state index in [1.807, 2.05) is 13.8 Å². The van der Waals surface area contributed by atoms with E-state index in [9.17, 15) is 15.0 Å². The van der Waals surface area contributed by atoms with Gasteiger partial charge in [-0.3, -0.25) is 0 Å². The van der Waals surface area contributed by atoms with Crippen molar-refractivity contribution >= 4 is 23.3 Å². The summed E-state index contributed by atoms with van der Waals surface area (Å²) in [6.45, 7) is 4.31. The summed E-state index contributed by atoms with van der Waals surface area (Å²) >= 11 is 6.09. The van der Waals surface area contributed by atoms with Crippen LogP contribution in [0.25, 0.3) is 0 Å². The van der Waals surface area contributed by atoms with Crippen LogP contribution in [-0.4, -0.2) is 27.7 Å². The van der Waals surface area contributed by atoms with Crippen molar-refractivity contribution in [1.29, 1.82) is 0 Å². The Kier molecular flexibility index (Phi) is 3.60. The fraction of sp³-hybridized carbons (Fsp3) is 0.235. The van der Waals surface area contributed by atoms with E-state index < -0.39 is 5.54 Å². The van der Waals surface area contributed by atoms with E-state index in [0.717, 1.165) is 11.1 Å². The number of anilines is 1. The van der Waals surface area contributed by atoms with E-state index >= 15 is 0 Å². The van der Waals surface area contributed by atoms with Gasteiger partial charge < -0.3 is 20.4 Å². The molecular weight excluding hydrogens is 316 g/mol. The largest absolute Gasteiger partial charge is 0.508 e. The molecule has 0 bridgehead atoms. The van der Waals surface area contributed by atoms with Gasteiger partial charge in [0.2, 0.25) is 0 Å². The van der Waals surface area contributed by atoms with Gasteiger partial charge in [-0.1, -0.05) is 23.7 Å². The molecule has 1 heterocycles. The van der Waals surface area contributed by atoms with Crippen molar-refractivity contribution in [3.05, 3.63) is 52.5 Å². The first kappa shape index (κ1) is 15.5. The monoisotopic (exact) mass is 332 g/mol. The van der Waals surface area contributed by atoms with E-state index in [1.165, 1.54) is 6.07 Å². The predicted molar refractivity (Wildman–Crippen MR) is 89.1 cm³/mol. The second-order valence-electron chi connectivity index (χ2n) is 5.64. The molecule has 6 heteroatoms. The second kappa shape index (κ2) is 5.35. The molecule has 1 aliphatic heterocycles. The van der Waals surface area contributed by atoms with Crippen molar-refractivity contribution in [1.82, 2.24) is 4.90 Å². The van der Waals surface area contributed by atoms with Gasteiger partial charge in [-0.2, -0.15) is 0 Å². The summed E-state index contributed by atoms with van der Waals surface area (Å²) in [5.74, 6) is 0.0772. The lowest BCUT2D eigenvalue weighted by Crippen LogP contribution is -2.53. The number of hydrogen-bond acceptors (Lipinski definition) is 3. The van der Waals surface area contributed by atoms with Crippen LogP contribution in [0.3, 0.4) is 0 Å². The number of aromatic hydroxyl groups is 2. The minimum atomic E-state index is -0.766. The molecule has 0 aromatic heterocycles. The summed E-state index contributed by atoms with van der Waals surface area (Å²) in [5.41, 5.74) is 1.39. The number of halogens is 1.